The van der Waals surface area contributed by atoms with Crippen molar-refractivity contribution in [1.82, 2.24) is 0 Å². The normalized spacial score (nSPS) is 15.6. The number of hydrogen-bond acceptors (Lipinski definition) is 10. The van der Waals surface area contributed by atoms with Gasteiger partial charge in [-0.1, -0.05) is 155 Å². The lowest BCUT2D eigenvalue weighted by atomic mass is 10.1. The van der Waals surface area contributed by atoms with E-state index >= 15 is 0 Å². The van der Waals surface area contributed by atoms with Crippen molar-refractivity contribution in [3.63, 3.8) is 0 Å². The van der Waals surface area contributed by atoms with Gasteiger partial charge >= 0.3 is 19.8 Å². The minimum atomic E-state index is -4.47. The van der Waals surface area contributed by atoms with E-state index in [1.165, 1.54) is 0 Å². The van der Waals surface area contributed by atoms with E-state index in [2.05, 4.69) is 74.6 Å². The number of ether oxygens (including phenoxy) is 2. The first-order valence-corrected chi connectivity index (χ1v) is 22.7. The van der Waals surface area contributed by atoms with Gasteiger partial charge in [-0.15, -0.1) is 0 Å². The fraction of sp³-hybridized carbons (Fsp3) is 0.532. The van der Waals surface area contributed by atoms with Crippen molar-refractivity contribution >= 4 is 19.8 Å². The molecule has 1 unspecified atom stereocenters. The number of hydrogen-bond donors (Lipinski definition) is 4. The van der Waals surface area contributed by atoms with Crippen molar-refractivity contribution in [2.24, 2.45) is 5.73 Å². The first kappa shape index (κ1) is 55.3. The minimum absolute atomic E-state index is 0.00100. The van der Waals surface area contributed by atoms with Gasteiger partial charge in [-0.25, -0.2) is 4.57 Å². The van der Waals surface area contributed by atoms with Crippen LogP contribution in [0.1, 0.15) is 117 Å². The molecule has 0 radical (unpaired) electrons. The molecule has 11 nitrogen and oxygen atoms in total. The molecule has 0 aliphatic rings. The number of aliphatic hydroxyl groups excluding tert-OH is 2. The zero-order valence-corrected chi connectivity index (χ0v) is 36.5. The Kier molecular flexibility index (Phi) is 38.5. The Hall–Kier alpha value is -3.67. The smallest absolute Gasteiger partial charge is 0.462 e. The van der Waals surface area contributed by atoms with Gasteiger partial charge in [0.25, 0.3) is 0 Å². The molecule has 5 N–H and O–H groups in total. The van der Waals surface area contributed by atoms with Crippen LogP contribution < -0.4 is 5.73 Å². The lowest BCUT2D eigenvalue weighted by Crippen LogP contribution is -2.29. The fourth-order valence-electron chi connectivity index (χ4n) is 4.87. The predicted molar refractivity (Wildman–Crippen MR) is 240 cm³/mol. The highest BCUT2D eigenvalue weighted by Gasteiger charge is 2.26. The van der Waals surface area contributed by atoms with E-state index in [9.17, 15) is 29.3 Å². The molecule has 12 heteroatoms. The van der Waals surface area contributed by atoms with E-state index in [0.717, 1.165) is 64.2 Å². The molecule has 0 fully saturated rings. The highest BCUT2D eigenvalue weighted by atomic mass is 31.2. The molecule has 0 saturated carbocycles. The zero-order valence-electron chi connectivity index (χ0n) is 35.6. The van der Waals surface area contributed by atoms with Crippen LogP contribution in [0.2, 0.25) is 0 Å². The van der Waals surface area contributed by atoms with Crippen LogP contribution >= 0.6 is 7.82 Å². The van der Waals surface area contributed by atoms with Crippen LogP contribution in [0.15, 0.2) is 122 Å². The van der Waals surface area contributed by atoms with Gasteiger partial charge < -0.3 is 30.3 Å². The largest absolute Gasteiger partial charge is 0.472 e. The van der Waals surface area contributed by atoms with Crippen molar-refractivity contribution in [3.05, 3.63) is 122 Å². The van der Waals surface area contributed by atoms with Gasteiger partial charge in [-0.2, -0.15) is 0 Å². The highest BCUT2D eigenvalue weighted by Crippen LogP contribution is 2.43. The van der Waals surface area contributed by atoms with E-state index in [0.29, 0.717) is 25.7 Å². The van der Waals surface area contributed by atoms with Crippen LogP contribution in [0.5, 0.6) is 0 Å². The third-order valence-electron chi connectivity index (χ3n) is 8.05. The number of esters is 2. The van der Waals surface area contributed by atoms with Crippen LogP contribution in [-0.2, 0) is 32.7 Å². The van der Waals surface area contributed by atoms with Crippen LogP contribution in [0.4, 0.5) is 0 Å². The van der Waals surface area contributed by atoms with Crippen molar-refractivity contribution < 1.29 is 47.8 Å². The van der Waals surface area contributed by atoms with E-state index in [-0.39, 0.29) is 32.6 Å². The maximum atomic E-state index is 12.6. The average Bonchev–Trinajstić information content (AvgIpc) is 3.21. The van der Waals surface area contributed by atoms with Gasteiger partial charge in [-0.3, -0.25) is 18.6 Å². The molecule has 0 spiro atoms. The Morgan fingerprint density at radius 1 is 0.610 bits per heavy atom. The molecular formula is C47H74NO10P. The first-order valence-electron chi connectivity index (χ1n) is 21.2. The van der Waals surface area contributed by atoms with Crippen LogP contribution in [0.3, 0.4) is 0 Å². The number of allylic oxidation sites excluding steroid dienone is 18. The summed E-state index contributed by atoms with van der Waals surface area (Å²) in [5, 5.41) is 20.2. The van der Waals surface area contributed by atoms with Gasteiger partial charge in [0.05, 0.1) is 25.4 Å². The molecule has 0 aromatic heterocycles. The SMILES string of the molecule is CC/C=C\C/C=C\C/C=C\C/C=C\C/C=C\C/C=C\CCC(=O)OC[C@H](COP(=O)(O)OCCN)OC(=O)CCC[C@H](O)/C=C/C=C\C/C=C\C=C\[C@H](O)CCCCC. The van der Waals surface area contributed by atoms with E-state index in [1.54, 1.807) is 18.2 Å². The molecular weight excluding hydrogens is 769 g/mol. The molecule has 0 rings (SSSR count). The summed E-state index contributed by atoms with van der Waals surface area (Å²) in [7, 11) is -4.47. The summed E-state index contributed by atoms with van der Waals surface area (Å²) in [4.78, 5) is 34.8. The number of phosphoric acid groups is 1. The Morgan fingerprint density at radius 2 is 1.12 bits per heavy atom. The number of unbranched alkanes of at least 4 members (excludes halogenated alkanes) is 2. The van der Waals surface area contributed by atoms with Crippen molar-refractivity contribution in [2.75, 3.05) is 26.4 Å². The summed E-state index contributed by atoms with van der Waals surface area (Å²) in [5.41, 5.74) is 5.32. The lowest BCUT2D eigenvalue weighted by molar-refractivity contribution is -0.161. The topological polar surface area (TPSA) is 175 Å². The second-order valence-corrected chi connectivity index (χ2v) is 15.0. The third kappa shape index (κ3) is 40.9. The highest BCUT2D eigenvalue weighted by molar-refractivity contribution is 7.47. The summed E-state index contributed by atoms with van der Waals surface area (Å²) in [5.74, 6) is -1.17. The van der Waals surface area contributed by atoms with Crippen LogP contribution in [0.25, 0.3) is 0 Å². The average molecular weight is 844 g/mol. The summed E-state index contributed by atoms with van der Waals surface area (Å²) < 4.78 is 32.5. The van der Waals surface area contributed by atoms with Crippen molar-refractivity contribution in [3.8, 4) is 0 Å². The van der Waals surface area contributed by atoms with Crippen molar-refractivity contribution in [1.29, 1.82) is 0 Å². The van der Waals surface area contributed by atoms with Gasteiger partial charge in [0.15, 0.2) is 6.10 Å². The minimum Gasteiger partial charge on any atom is -0.462 e. The zero-order chi connectivity index (χ0) is 43.5. The van der Waals surface area contributed by atoms with Crippen molar-refractivity contribution in [2.45, 2.75) is 135 Å². The Morgan fingerprint density at radius 3 is 1.64 bits per heavy atom. The fourth-order valence-corrected chi connectivity index (χ4v) is 5.64. The molecule has 0 amide bonds. The standard InChI is InChI=1S/C47H74NO10P/c1-3-5-7-8-9-10-11-12-13-14-15-16-17-18-19-20-24-27-31-37-46(51)55-41-45(42-57-59(53,54)56-40-39-48)58-47(52)38-32-36-44(50)35-30-26-23-21-22-25-29-34-43(49)33-28-6-4-2/h5,7,9-10,12-13,15-16,18-19,22-27,29-30,34-35,43-45,49-50H,3-4,6,8,11,14,17,20-21,28,31-33,36-42,48H2,1-2H3,(H,53,54)/b7-5-,10-9-,13-12-,16-15-,19-18-,25-22-,26-23-,27-24-,34-29+,35-30+/t43-,44-,45-/m1/s1. The van der Waals surface area contributed by atoms with Gasteiger partial charge in [0, 0.05) is 19.4 Å². The van der Waals surface area contributed by atoms with Gasteiger partial charge in [-0.05, 0) is 70.6 Å². The second-order valence-electron chi connectivity index (χ2n) is 13.5. The Balaban J connectivity index is 4.56. The van der Waals surface area contributed by atoms with E-state index in [4.69, 9.17) is 24.3 Å². The first-order chi connectivity index (χ1) is 28.6. The maximum absolute atomic E-state index is 12.6. The molecule has 0 aliphatic heterocycles. The molecule has 0 aromatic rings. The summed E-state index contributed by atoms with van der Waals surface area (Å²) in [6, 6.07) is 0. The number of rotatable bonds is 37. The molecule has 0 saturated heterocycles. The number of aliphatic hydroxyl groups is 2. The second kappa shape index (κ2) is 41.1. The molecule has 332 valence electrons. The summed E-state index contributed by atoms with van der Waals surface area (Å²) in [6.07, 6.45) is 48.9. The summed E-state index contributed by atoms with van der Waals surface area (Å²) >= 11 is 0. The molecule has 4 atom stereocenters. The van der Waals surface area contributed by atoms with Gasteiger partial charge in [0.1, 0.15) is 6.61 Å². The van der Waals surface area contributed by atoms with Crippen LogP contribution in [0, 0.1) is 0 Å². The number of nitrogens with two attached hydrogens (primary N) is 1. The molecule has 0 aliphatic carbocycles. The quantitative estimate of drug-likeness (QED) is 0.0154. The molecule has 59 heavy (non-hydrogen) atoms. The lowest BCUT2D eigenvalue weighted by Gasteiger charge is -2.20. The number of phosphoric ester groups is 1. The van der Waals surface area contributed by atoms with E-state index < -0.39 is 44.7 Å². The number of carbonyl (C=O) groups excluding carboxylic acids is 2. The molecule has 0 bridgehead atoms. The number of carbonyl (C=O) groups is 2. The maximum Gasteiger partial charge on any atom is 0.472 e. The Labute approximate surface area is 355 Å². The van der Waals surface area contributed by atoms with Gasteiger partial charge in [0.2, 0.25) is 0 Å². The predicted octanol–water partition coefficient (Wildman–Crippen LogP) is 10.1. The monoisotopic (exact) mass is 844 g/mol. The van der Waals surface area contributed by atoms with E-state index in [1.807, 2.05) is 42.5 Å². The third-order valence-corrected chi connectivity index (χ3v) is 9.04. The van der Waals surface area contributed by atoms with Crippen LogP contribution in [-0.4, -0.2) is 71.7 Å². The molecule has 0 aromatic carbocycles. The Bertz CT molecular complexity index is 1410. The summed E-state index contributed by atoms with van der Waals surface area (Å²) in [6.45, 7) is 3.12. The molecule has 0 heterocycles.